The van der Waals surface area contributed by atoms with Crippen molar-refractivity contribution in [3.8, 4) is 5.75 Å². The second-order valence-corrected chi connectivity index (χ2v) is 9.33. The molecule has 33 heavy (non-hydrogen) atoms. The zero-order valence-electron chi connectivity index (χ0n) is 16.9. The first-order valence-corrected chi connectivity index (χ1v) is 11.7. The molecular formula is C24H15BrClF2NO3S. The minimum atomic E-state index is -0.578. The van der Waals surface area contributed by atoms with Crippen molar-refractivity contribution in [2.45, 2.75) is 13.2 Å². The zero-order valence-corrected chi connectivity index (χ0v) is 20.0. The van der Waals surface area contributed by atoms with Gasteiger partial charge in [-0.25, -0.2) is 8.78 Å². The van der Waals surface area contributed by atoms with Gasteiger partial charge in [-0.3, -0.25) is 14.5 Å². The first-order chi connectivity index (χ1) is 15.8. The van der Waals surface area contributed by atoms with Crippen molar-refractivity contribution in [1.29, 1.82) is 0 Å². The van der Waals surface area contributed by atoms with Crippen LogP contribution in [0.5, 0.6) is 5.75 Å². The van der Waals surface area contributed by atoms with Gasteiger partial charge >= 0.3 is 0 Å². The molecule has 9 heteroatoms. The van der Waals surface area contributed by atoms with Crippen LogP contribution in [0, 0.1) is 11.6 Å². The van der Waals surface area contributed by atoms with E-state index >= 15 is 0 Å². The van der Waals surface area contributed by atoms with E-state index in [9.17, 15) is 18.4 Å². The lowest BCUT2D eigenvalue weighted by Gasteiger charge is -2.14. The van der Waals surface area contributed by atoms with E-state index in [1.807, 2.05) is 0 Å². The quantitative estimate of drug-likeness (QED) is 0.305. The molecule has 2 amide bonds. The van der Waals surface area contributed by atoms with Crippen molar-refractivity contribution >= 4 is 56.5 Å². The third-order valence-electron chi connectivity index (χ3n) is 4.81. The van der Waals surface area contributed by atoms with E-state index in [1.54, 1.807) is 36.4 Å². The number of imide groups is 1. The van der Waals surface area contributed by atoms with E-state index in [0.717, 1.165) is 22.2 Å². The molecule has 1 aliphatic heterocycles. The van der Waals surface area contributed by atoms with Crippen molar-refractivity contribution in [3.63, 3.8) is 0 Å². The minimum absolute atomic E-state index is 0.0908. The van der Waals surface area contributed by atoms with Crippen LogP contribution in [0.2, 0.25) is 5.02 Å². The van der Waals surface area contributed by atoms with Crippen LogP contribution in [0.15, 0.2) is 70.0 Å². The standard InChI is InChI=1S/C24H15BrClF2NO3S/c25-18-10-15(6-9-21(18)32-13-14-4-7-16(27)8-5-14)11-22-23(30)29(24(31)33-22)12-17-19(26)2-1-3-20(17)28/h1-11H,12-13H2/b22-11-. The molecule has 0 aromatic heterocycles. The summed E-state index contributed by atoms with van der Waals surface area (Å²) in [6.45, 7) is 0.0170. The molecule has 0 unspecified atom stereocenters. The van der Waals surface area contributed by atoms with Crippen LogP contribution in [0.1, 0.15) is 16.7 Å². The third kappa shape index (κ3) is 5.46. The van der Waals surface area contributed by atoms with Gasteiger partial charge in [-0.15, -0.1) is 0 Å². The largest absolute Gasteiger partial charge is 0.488 e. The molecule has 168 valence electrons. The van der Waals surface area contributed by atoms with Gasteiger partial charge in [-0.05, 0) is 81.3 Å². The molecule has 0 radical (unpaired) electrons. The molecule has 0 atom stereocenters. The van der Waals surface area contributed by atoms with Gasteiger partial charge in [0.05, 0.1) is 15.9 Å². The molecule has 1 fully saturated rings. The third-order valence-corrected chi connectivity index (χ3v) is 6.69. The highest BCUT2D eigenvalue weighted by Gasteiger charge is 2.35. The molecule has 0 aliphatic carbocycles. The van der Waals surface area contributed by atoms with Gasteiger partial charge in [0.1, 0.15) is 24.0 Å². The zero-order chi connectivity index (χ0) is 23.5. The SMILES string of the molecule is O=C1S/C(=C\c2ccc(OCc3ccc(F)cc3)c(Br)c2)C(=O)N1Cc1c(F)cccc1Cl. The lowest BCUT2D eigenvalue weighted by Crippen LogP contribution is -2.28. The molecule has 0 bridgehead atoms. The molecule has 0 N–H and O–H groups in total. The highest BCUT2D eigenvalue weighted by Crippen LogP contribution is 2.36. The van der Waals surface area contributed by atoms with Crippen LogP contribution in [-0.2, 0) is 17.9 Å². The Labute approximate surface area is 206 Å². The second kappa shape index (κ2) is 10.1. The summed E-state index contributed by atoms with van der Waals surface area (Å²) in [6.07, 6.45) is 1.59. The Kier molecular flexibility index (Phi) is 7.17. The normalized spacial score (nSPS) is 14.9. The monoisotopic (exact) mass is 549 g/mol. The van der Waals surface area contributed by atoms with E-state index in [2.05, 4.69) is 15.9 Å². The van der Waals surface area contributed by atoms with Crippen molar-refractivity contribution in [2.24, 2.45) is 0 Å². The summed E-state index contributed by atoms with van der Waals surface area (Å²) in [6, 6.07) is 15.4. The Hall–Kier alpha value is -2.68. The van der Waals surface area contributed by atoms with E-state index in [1.165, 1.54) is 30.3 Å². The highest BCUT2D eigenvalue weighted by molar-refractivity contribution is 9.10. The smallest absolute Gasteiger partial charge is 0.293 e. The van der Waals surface area contributed by atoms with Crippen LogP contribution in [0.4, 0.5) is 13.6 Å². The minimum Gasteiger partial charge on any atom is -0.488 e. The van der Waals surface area contributed by atoms with Crippen LogP contribution < -0.4 is 4.74 Å². The number of halogens is 4. The fourth-order valence-corrected chi connectivity index (χ4v) is 4.67. The fourth-order valence-electron chi connectivity index (χ4n) is 3.09. The van der Waals surface area contributed by atoms with Gasteiger partial charge in [0, 0.05) is 10.6 Å². The molecule has 4 rings (SSSR count). The van der Waals surface area contributed by atoms with Crippen molar-refractivity contribution in [1.82, 2.24) is 4.90 Å². The van der Waals surface area contributed by atoms with Gasteiger partial charge in [0.15, 0.2) is 0 Å². The van der Waals surface area contributed by atoms with Crippen molar-refractivity contribution in [2.75, 3.05) is 0 Å². The number of carbonyl (C=O) groups is 2. The number of benzene rings is 3. The number of carbonyl (C=O) groups excluding carboxylic acids is 2. The number of nitrogens with zero attached hydrogens (tertiary/aromatic N) is 1. The van der Waals surface area contributed by atoms with Gasteiger partial charge in [-0.2, -0.15) is 0 Å². The molecule has 1 aliphatic rings. The number of ether oxygens (including phenoxy) is 1. The van der Waals surface area contributed by atoms with Crippen LogP contribution >= 0.6 is 39.3 Å². The highest BCUT2D eigenvalue weighted by atomic mass is 79.9. The van der Waals surface area contributed by atoms with E-state index in [-0.39, 0.29) is 34.5 Å². The average molecular weight is 551 g/mol. The first-order valence-electron chi connectivity index (χ1n) is 9.67. The predicted molar refractivity (Wildman–Crippen MR) is 128 cm³/mol. The Morgan fingerprint density at radius 3 is 2.52 bits per heavy atom. The number of hydrogen-bond donors (Lipinski definition) is 0. The Bertz CT molecular complexity index is 1250. The van der Waals surface area contributed by atoms with E-state index < -0.39 is 17.0 Å². The summed E-state index contributed by atoms with van der Waals surface area (Å²) < 4.78 is 33.5. The molecule has 0 spiro atoms. The van der Waals surface area contributed by atoms with E-state index in [4.69, 9.17) is 16.3 Å². The second-order valence-electron chi connectivity index (χ2n) is 7.07. The van der Waals surface area contributed by atoms with Gasteiger partial charge in [-0.1, -0.05) is 35.9 Å². The lowest BCUT2D eigenvalue weighted by atomic mass is 10.2. The van der Waals surface area contributed by atoms with Crippen LogP contribution in [0.25, 0.3) is 6.08 Å². The van der Waals surface area contributed by atoms with Gasteiger partial charge < -0.3 is 4.74 Å². The molecule has 3 aromatic rings. The summed E-state index contributed by atoms with van der Waals surface area (Å²) in [5, 5.41) is -0.345. The molecular weight excluding hydrogens is 536 g/mol. The Balaban J connectivity index is 1.47. The maximum atomic E-state index is 14.1. The summed E-state index contributed by atoms with van der Waals surface area (Å²) in [7, 11) is 0. The van der Waals surface area contributed by atoms with E-state index in [0.29, 0.717) is 15.8 Å². The van der Waals surface area contributed by atoms with Crippen molar-refractivity contribution in [3.05, 3.63) is 103 Å². The molecule has 4 nitrogen and oxygen atoms in total. The summed E-state index contributed by atoms with van der Waals surface area (Å²) >= 11 is 10.3. The van der Waals surface area contributed by atoms with Crippen molar-refractivity contribution < 1.29 is 23.1 Å². The number of amides is 2. The molecule has 1 heterocycles. The topological polar surface area (TPSA) is 46.6 Å². The number of rotatable bonds is 6. The molecule has 1 saturated heterocycles. The Morgan fingerprint density at radius 1 is 1.06 bits per heavy atom. The summed E-state index contributed by atoms with van der Waals surface area (Å²) in [5.41, 5.74) is 1.58. The summed E-state index contributed by atoms with van der Waals surface area (Å²) in [5.74, 6) is -0.841. The lowest BCUT2D eigenvalue weighted by molar-refractivity contribution is -0.123. The number of hydrogen-bond acceptors (Lipinski definition) is 4. The predicted octanol–water partition coefficient (Wildman–Crippen LogP) is 7.20. The molecule has 3 aromatic carbocycles. The Morgan fingerprint density at radius 2 is 1.82 bits per heavy atom. The summed E-state index contributed by atoms with van der Waals surface area (Å²) in [4.78, 5) is 26.3. The van der Waals surface area contributed by atoms with Gasteiger partial charge in [0.25, 0.3) is 11.1 Å². The fraction of sp³-hybridized carbons (Fsp3) is 0.0833. The van der Waals surface area contributed by atoms with Crippen LogP contribution in [-0.4, -0.2) is 16.0 Å². The van der Waals surface area contributed by atoms with Crippen LogP contribution in [0.3, 0.4) is 0 Å². The number of thioether (sulfide) groups is 1. The molecule has 0 saturated carbocycles. The first kappa shape index (κ1) is 23.5. The maximum Gasteiger partial charge on any atom is 0.293 e. The average Bonchev–Trinajstić information content (AvgIpc) is 3.04. The maximum absolute atomic E-state index is 14.1. The van der Waals surface area contributed by atoms with Gasteiger partial charge in [0.2, 0.25) is 0 Å².